The minimum absolute atomic E-state index is 0.0204. The predicted octanol–water partition coefficient (Wildman–Crippen LogP) is 1.92. The molecule has 0 aliphatic heterocycles. The summed E-state index contributed by atoms with van der Waals surface area (Å²) in [6, 6.07) is 4.62. The number of halogens is 1. The van der Waals surface area contributed by atoms with E-state index in [1.54, 1.807) is 19.2 Å². The molecule has 0 spiro atoms. The van der Waals surface area contributed by atoms with E-state index in [1.165, 1.54) is 6.07 Å². The fourth-order valence-electron chi connectivity index (χ4n) is 1.50. The van der Waals surface area contributed by atoms with Gasteiger partial charge < -0.3 is 15.4 Å². The molecule has 0 saturated carbocycles. The summed E-state index contributed by atoms with van der Waals surface area (Å²) >= 11 is 3.25. The van der Waals surface area contributed by atoms with E-state index in [4.69, 9.17) is 4.74 Å². The van der Waals surface area contributed by atoms with E-state index in [0.29, 0.717) is 25.4 Å². The third kappa shape index (κ3) is 5.54. The first kappa shape index (κ1) is 16.4. The maximum absolute atomic E-state index is 11.4. The maximum Gasteiger partial charge on any atom is 0.292 e. The smallest absolute Gasteiger partial charge is 0.292 e. The number of nitro benzene ring substituents is 1. The van der Waals surface area contributed by atoms with Crippen LogP contribution in [0.15, 0.2) is 22.7 Å². The highest BCUT2D eigenvalue weighted by atomic mass is 79.9. The van der Waals surface area contributed by atoms with Crippen molar-refractivity contribution < 1.29 is 14.5 Å². The number of anilines is 1. The lowest BCUT2D eigenvalue weighted by Crippen LogP contribution is -2.28. The summed E-state index contributed by atoms with van der Waals surface area (Å²) in [5.41, 5.74) is 0.363. The van der Waals surface area contributed by atoms with Crippen molar-refractivity contribution in [2.24, 2.45) is 0 Å². The molecule has 2 N–H and O–H groups in total. The van der Waals surface area contributed by atoms with E-state index >= 15 is 0 Å². The molecule has 110 valence electrons. The molecule has 0 atom stereocenters. The minimum Gasteiger partial charge on any atom is -0.383 e. The molecule has 0 radical (unpaired) electrons. The molecular weight excluding hydrogens is 330 g/mol. The lowest BCUT2D eigenvalue weighted by molar-refractivity contribution is -0.384. The molecule has 0 saturated heterocycles. The maximum atomic E-state index is 11.4. The Kier molecular flexibility index (Phi) is 6.96. The van der Waals surface area contributed by atoms with Crippen LogP contribution in [0.1, 0.15) is 6.42 Å². The number of carbonyl (C=O) groups is 1. The van der Waals surface area contributed by atoms with Gasteiger partial charge in [-0.15, -0.1) is 0 Å². The zero-order valence-electron chi connectivity index (χ0n) is 11.0. The van der Waals surface area contributed by atoms with Gasteiger partial charge in [-0.3, -0.25) is 14.9 Å². The third-order valence-corrected chi connectivity index (χ3v) is 2.94. The van der Waals surface area contributed by atoms with E-state index < -0.39 is 4.92 Å². The number of benzene rings is 1. The second-order valence-corrected chi connectivity index (χ2v) is 4.85. The zero-order chi connectivity index (χ0) is 15.0. The Labute approximate surface area is 125 Å². The molecular formula is C12H16BrN3O4. The van der Waals surface area contributed by atoms with Gasteiger partial charge in [-0.2, -0.15) is 0 Å². The highest BCUT2D eigenvalue weighted by Crippen LogP contribution is 2.27. The number of nitro groups is 1. The Balaban J connectivity index is 2.47. The third-order valence-electron chi connectivity index (χ3n) is 2.45. The predicted molar refractivity (Wildman–Crippen MR) is 78.8 cm³/mol. The molecule has 1 amide bonds. The van der Waals surface area contributed by atoms with Crippen LogP contribution in [-0.2, 0) is 9.53 Å². The van der Waals surface area contributed by atoms with Crippen molar-refractivity contribution in [3.8, 4) is 0 Å². The minimum atomic E-state index is -0.465. The Morgan fingerprint density at radius 1 is 1.45 bits per heavy atom. The van der Waals surface area contributed by atoms with Gasteiger partial charge in [0.1, 0.15) is 5.69 Å². The molecule has 8 heteroatoms. The fraction of sp³-hybridized carbons (Fsp3) is 0.417. The summed E-state index contributed by atoms with van der Waals surface area (Å²) in [4.78, 5) is 21.8. The van der Waals surface area contributed by atoms with Gasteiger partial charge >= 0.3 is 0 Å². The number of nitrogens with one attached hydrogen (secondary N) is 2. The van der Waals surface area contributed by atoms with Crippen LogP contribution in [0.4, 0.5) is 11.4 Å². The average molecular weight is 346 g/mol. The second kappa shape index (κ2) is 8.49. The number of ether oxygens (including phenoxy) is 1. The lowest BCUT2D eigenvalue weighted by Gasteiger charge is -2.08. The normalized spacial score (nSPS) is 10.1. The summed E-state index contributed by atoms with van der Waals surface area (Å²) in [6.45, 7) is 1.22. The van der Waals surface area contributed by atoms with Crippen molar-refractivity contribution in [1.82, 2.24) is 5.32 Å². The highest BCUT2D eigenvalue weighted by Gasteiger charge is 2.13. The Morgan fingerprint density at radius 3 is 2.85 bits per heavy atom. The van der Waals surface area contributed by atoms with Crippen molar-refractivity contribution >= 4 is 33.2 Å². The van der Waals surface area contributed by atoms with Gasteiger partial charge in [0.15, 0.2) is 0 Å². The van der Waals surface area contributed by atoms with Gasteiger partial charge in [-0.25, -0.2) is 0 Å². The van der Waals surface area contributed by atoms with Crippen molar-refractivity contribution in [3.05, 3.63) is 32.8 Å². The molecule has 0 aliphatic carbocycles. The van der Waals surface area contributed by atoms with Crippen LogP contribution in [0.2, 0.25) is 0 Å². The summed E-state index contributed by atoms with van der Waals surface area (Å²) in [5, 5.41) is 16.4. The number of rotatable bonds is 8. The zero-order valence-corrected chi connectivity index (χ0v) is 12.6. The summed E-state index contributed by atoms with van der Waals surface area (Å²) in [7, 11) is 1.56. The van der Waals surface area contributed by atoms with Gasteiger partial charge in [-0.05, 0) is 12.1 Å². The molecule has 1 rings (SSSR count). The monoisotopic (exact) mass is 345 g/mol. The van der Waals surface area contributed by atoms with Gasteiger partial charge in [0.05, 0.1) is 11.5 Å². The van der Waals surface area contributed by atoms with E-state index in [1.807, 2.05) is 0 Å². The van der Waals surface area contributed by atoms with Crippen LogP contribution in [0.3, 0.4) is 0 Å². The topological polar surface area (TPSA) is 93.5 Å². The van der Waals surface area contributed by atoms with E-state index in [-0.39, 0.29) is 18.0 Å². The summed E-state index contributed by atoms with van der Waals surface area (Å²) in [6.07, 6.45) is 0.230. The number of methoxy groups -OCH3 is 1. The van der Waals surface area contributed by atoms with E-state index in [9.17, 15) is 14.9 Å². The Bertz CT molecular complexity index is 482. The second-order valence-electron chi connectivity index (χ2n) is 3.94. The first-order valence-corrected chi connectivity index (χ1v) is 6.77. The molecule has 0 fully saturated rings. The van der Waals surface area contributed by atoms with Crippen LogP contribution in [0.25, 0.3) is 0 Å². The quantitative estimate of drug-likeness (QED) is 0.426. The summed E-state index contributed by atoms with van der Waals surface area (Å²) < 4.78 is 5.54. The number of hydrogen-bond donors (Lipinski definition) is 2. The van der Waals surface area contributed by atoms with Crippen LogP contribution in [0, 0.1) is 10.1 Å². The summed E-state index contributed by atoms with van der Waals surface area (Å²) in [5.74, 6) is -0.132. The van der Waals surface area contributed by atoms with E-state index in [0.717, 1.165) is 4.47 Å². The molecule has 0 unspecified atom stereocenters. The van der Waals surface area contributed by atoms with E-state index in [2.05, 4.69) is 26.6 Å². The molecule has 0 aromatic heterocycles. The van der Waals surface area contributed by atoms with Gasteiger partial charge in [0, 0.05) is 37.2 Å². The first-order valence-electron chi connectivity index (χ1n) is 5.98. The molecule has 1 aromatic carbocycles. The van der Waals surface area contributed by atoms with Crippen LogP contribution >= 0.6 is 15.9 Å². The Hall–Kier alpha value is -1.67. The molecule has 0 heterocycles. The number of hydrogen-bond acceptors (Lipinski definition) is 5. The molecule has 7 nitrogen and oxygen atoms in total. The SMILES string of the molecule is COCCNC(=O)CCNc1cc(Br)ccc1[N+](=O)[O-]. The molecule has 1 aromatic rings. The fourth-order valence-corrected chi connectivity index (χ4v) is 1.86. The number of amides is 1. The van der Waals surface area contributed by atoms with Crippen molar-refractivity contribution in [3.63, 3.8) is 0 Å². The van der Waals surface area contributed by atoms with Crippen LogP contribution in [0.5, 0.6) is 0 Å². The van der Waals surface area contributed by atoms with Gasteiger partial charge in [-0.1, -0.05) is 15.9 Å². The molecule has 0 aliphatic rings. The average Bonchev–Trinajstić information content (AvgIpc) is 2.38. The molecule has 0 bridgehead atoms. The highest BCUT2D eigenvalue weighted by molar-refractivity contribution is 9.10. The van der Waals surface area contributed by atoms with Gasteiger partial charge in [0.2, 0.25) is 5.91 Å². The number of nitrogens with zero attached hydrogens (tertiary/aromatic N) is 1. The standard InChI is InChI=1S/C12H16BrN3O4/c1-20-7-6-15-12(17)4-5-14-10-8-9(13)2-3-11(10)16(18)19/h2-3,8,14H,4-7H2,1H3,(H,15,17). The van der Waals surface area contributed by atoms with Crippen molar-refractivity contribution in [2.75, 3.05) is 32.1 Å². The first-order chi connectivity index (χ1) is 9.54. The largest absolute Gasteiger partial charge is 0.383 e. The van der Waals surface area contributed by atoms with Crippen LogP contribution in [-0.4, -0.2) is 37.6 Å². The van der Waals surface area contributed by atoms with Crippen molar-refractivity contribution in [2.45, 2.75) is 6.42 Å². The lowest BCUT2D eigenvalue weighted by atomic mass is 10.2. The number of carbonyl (C=O) groups excluding carboxylic acids is 1. The van der Waals surface area contributed by atoms with Gasteiger partial charge in [0.25, 0.3) is 5.69 Å². The van der Waals surface area contributed by atoms with Crippen molar-refractivity contribution in [1.29, 1.82) is 0 Å². The van der Waals surface area contributed by atoms with Crippen LogP contribution < -0.4 is 10.6 Å². The molecule has 20 heavy (non-hydrogen) atoms. The Morgan fingerprint density at radius 2 is 2.20 bits per heavy atom.